The smallest absolute Gasteiger partial charge is 0.356 e. The molecule has 1 atom stereocenters. The summed E-state index contributed by atoms with van der Waals surface area (Å²) in [5.41, 5.74) is 1.55. The van der Waals surface area contributed by atoms with Crippen LogP contribution in [-0.4, -0.2) is 65.3 Å². The number of hydrogen-bond donors (Lipinski definition) is 2. The van der Waals surface area contributed by atoms with Crippen LogP contribution in [0.2, 0.25) is 5.02 Å². The van der Waals surface area contributed by atoms with Crippen LogP contribution in [0.1, 0.15) is 10.5 Å². The standard InChI is InChI=1S/C17H18ClN5O3/c1-22-4-5-23-11(8-22)9-26-14-6-10(2-3-13(14)23)20-17-19-7-12(18)15(21-17)16(24)25/h2-3,6-7,11H,4-5,8-9H2,1H3,(H,24,25)(H,19,20,21)/t11-/m0/s1. The third kappa shape index (κ3) is 3.13. The van der Waals surface area contributed by atoms with Crippen LogP contribution in [0.5, 0.6) is 5.75 Å². The molecule has 9 heteroatoms. The Morgan fingerprint density at radius 2 is 2.27 bits per heavy atom. The van der Waals surface area contributed by atoms with Gasteiger partial charge in [-0.15, -0.1) is 0 Å². The van der Waals surface area contributed by atoms with Gasteiger partial charge in [-0.2, -0.15) is 0 Å². The van der Waals surface area contributed by atoms with E-state index < -0.39 is 5.97 Å². The Hall–Kier alpha value is -2.58. The number of benzene rings is 1. The van der Waals surface area contributed by atoms with E-state index in [0.29, 0.717) is 12.6 Å². The number of nitrogens with one attached hydrogen (secondary N) is 1. The number of carboxylic acids is 1. The highest BCUT2D eigenvalue weighted by Gasteiger charge is 2.31. The molecule has 3 heterocycles. The third-order valence-corrected chi connectivity index (χ3v) is 4.87. The van der Waals surface area contributed by atoms with E-state index in [4.69, 9.17) is 21.4 Å². The molecule has 1 aromatic carbocycles. The summed E-state index contributed by atoms with van der Waals surface area (Å²) in [6.45, 7) is 3.61. The lowest BCUT2D eigenvalue weighted by molar-refractivity contribution is 0.0690. The van der Waals surface area contributed by atoms with E-state index in [1.165, 1.54) is 6.20 Å². The van der Waals surface area contributed by atoms with Crippen LogP contribution in [0.15, 0.2) is 24.4 Å². The van der Waals surface area contributed by atoms with E-state index in [-0.39, 0.29) is 16.7 Å². The third-order valence-electron chi connectivity index (χ3n) is 4.59. The number of halogens is 1. The SMILES string of the molecule is CN1CCN2c3ccc(Nc4ncc(Cl)c(C(=O)O)n4)cc3OC[C@@H]2C1. The molecule has 136 valence electrons. The molecule has 2 aliphatic rings. The molecule has 2 aliphatic heterocycles. The fourth-order valence-corrected chi connectivity index (χ4v) is 3.48. The number of hydrogen-bond acceptors (Lipinski definition) is 7. The van der Waals surface area contributed by atoms with Gasteiger partial charge in [-0.05, 0) is 19.2 Å². The predicted molar refractivity (Wildman–Crippen MR) is 97.9 cm³/mol. The number of anilines is 3. The Kier molecular flexibility index (Phi) is 4.29. The van der Waals surface area contributed by atoms with Crippen molar-refractivity contribution < 1.29 is 14.6 Å². The fraction of sp³-hybridized carbons (Fsp3) is 0.353. The maximum atomic E-state index is 11.1. The number of carbonyl (C=O) groups is 1. The lowest BCUT2D eigenvalue weighted by Crippen LogP contribution is -2.56. The second-order valence-electron chi connectivity index (χ2n) is 6.42. The molecule has 4 rings (SSSR count). The van der Waals surface area contributed by atoms with Crippen molar-refractivity contribution in [3.05, 3.63) is 35.1 Å². The Bertz CT molecular complexity index is 862. The molecule has 1 fully saturated rings. The summed E-state index contributed by atoms with van der Waals surface area (Å²) in [4.78, 5) is 23.8. The molecular weight excluding hydrogens is 358 g/mol. The minimum Gasteiger partial charge on any atom is -0.489 e. The number of likely N-dealkylation sites (N-methyl/N-ethyl adjacent to an activating group) is 1. The first kappa shape index (κ1) is 16.9. The average Bonchev–Trinajstić information content (AvgIpc) is 2.62. The zero-order valence-corrected chi connectivity index (χ0v) is 14.9. The predicted octanol–water partition coefficient (Wildman–Crippen LogP) is 2.08. The number of fused-ring (bicyclic) bond motifs is 3. The van der Waals surface area contributed by atoms with Gasteiger partial charge in [-0.3, -0.25) is 0 Å². The van der Waals surface area contributed by atoms with Crippen molar-refractivity contribution in [1.82, 2.24) is 14.9 Å². The van der Waals surface area contributed by atoms with Crippen molar-refractivity contribution in [1.29, 1.82) is 0 Å². The van der Waals surface area contributed by atoms with E-state index >= 15 is 0 Å². The molecule has 1 aromatic heterocycles. The van der Waals surface area contributed by atoms with Gasteiger partial charge in [0, 0.05) is 31.4 Å². The Morgan fingerprint density at radius 3 is 3.08 bits per heavy atom. The van der Waals surface area contributed by atoms with Gasteiger partial charge >= 0.3 is 5.97 Å². The summed E-state index contributed by atoms with van der Waals surface area (Å²) in [6.07, 6.45) is 1.27. The number of nitrogens with zero attached hydrogens (tertiary/aromatic N) is 4. The number of aromatic carboxylic acids is 1. The molecular formula is C17H18ClN5O3. The fourth-order valence-electron chi connectivity index (χ4n) is 3.31. The van der Waals surface area contributed by atoms with Crippen LogP contribution in [0, 0.1) is 0 Å². The van der Waals surface area contributed by atoms with Gasteiger partial charge in [-0.25, -0.2) is 14.8 Å². The van der Waals surface area contributed by atoms with Crippen molar-refractivity contribution in [3.8, 4) is 5.75 Å². The highest BCUT2D eigenvalue weighted by atomic mass is 35.5. The maximum absolute atomic E-state index is 11.1. The number of carboxylic acid groups (broad SMARTS) is 1. The quantitative estimate of drug-likeness (QED) is 0.842. The summed E-state index contributed by atoms with van der Waals surface area (Å²) in [5, 5.41) is 12.1. The van der Waals surface area contributed by atoms with Gasteiger partial charge in [0.15, 0.2) is 5.69 Å². The molecule has 0 radical (unpaired) electrons. The molecule has 0 spiro atoms. The normalized spacial score (nSPS) is 19.3. The van der Waals surface area contributed by atoms with E-state index in [1.54, 1.807) is 0 Å². The van der Waals surface area contributed by atoms with Crippen LogP contribution < -0.4 is 15.0 Å². The monoisotopic (exact) mass is 375 g/mol. The summed E-state index contributed by atoms with van der Waals surface area (Å²) in [5.74, 6) is -0.237. The molecule has 2 N–H and O–H groups in total. The highest BCUT2D eigenvalue weighted by molar-refractivity contribution is 6.33. The van der Waals surface area contributed by atoms with Crippen molar-refractivity contribution in [3.63, 3.8) is 0 Å². The average molecular weight is 376 g/mol. The van der Waals surface area contributed by atoms with Gasteiger partial charge in [0.1, 0.15) is 12.4 Å². The molecule has 0 bridgehead atoms. The summed E-state index contributed by atoms with van der Waals surface area (Å²) >= 11 is 5.80. The molecule has 1 saturated heterocycles. The van der Waals surface area contributed by atoms with E-state index in [2.05, 4.69) is 32.1 Å². The second-order valence-corrected chi connectivity index (χ2v) is 6.83. The Morgan fingerprint density at radius 1 is 1.42 bits per heavy atom. The summed E-state index contributed by atoms with van der Waals surface area (Å²) in [7, 11) is 2.12. The van der Waals surface area contributed by atoms with Gasteiger partial charge in [-0.1, -0.05) is 11.6 Å². The molecule has 0 saturated carbocycles. The number of ether oxygens (including phenoxy) is 1. The van der Waals surface area contributed by atoms with Crippen LogP contribution >= 0.6 is 11.6 Å². The molecule has 26 heavy (non-hydrogen) atoms. The molecule has 0 aliphatic carbocycles. The Labute approximate surface area is 155 Å². The van der Waals surface area contributed by atoms with Crippen molar-refractivity contribution >= 4 is 34.9 Å². The van der Waals surface area contributed by atoms with Crippen LogP contribution in [-0.2, 0) is 0 Å². The first-order chi connectivity index (χ1) is 12.5. The summed E-state index contributed by atoms with van der Waals surface area (Å²) in [6, 6.07) is 6.14. The van der Waals surface area contributed by atoms with E-state index in [1.807, 2.05) is 18.2 Å². The Balaban J connectivity index is 1.57. The van der Waals surface area contributed by atoms with Crippen LogP contribution in [0.4, 0.5) is 17.3 Å². The topological polar surface area (TPSA) is 90.8 Å². The van der Waals surface area contributed by atoms with Gasteiger partial charge in [0.2, 0.25) is 5.95 Å². The largest absolute Gasteiger partial charge is 0.489 e. The molecule has 0 unspecified atom stereocenters. The van der Waals surface area contributed by atoms with E-state index in [0.717, 1.165) is 36.8 Å². The minimum atomic E-state index is -1.20. The van der Waals surface area contributed by atoms with E-state index in [9.17, 15) is 4.79 Å². The van der Waals surface area contributed by atoms with Crippen LogP contribution in [0.3, 0.4) is 0 Å². The van der Waals surface area contributed by atoms with Gasteiger partial charge in [0.05, 0.1) is 22.9 Å². The number of piperazine rings is 1. The molecule has 8 nitrogen and oxygen atoms in total. The molecule has 2 aromatic rings. The lowest BCUT2D eigenvalue weighted by atomic mass is 10.1. The lowest BCUT2D eigenvalue weighted by Gasteiger charge is -2.44. The first-order valence-electron chi connectivity index (χ1n) is 8.26. The first-order valence-corrected chi connectivity index (χ1v) is 8.64. The van der Waals surface area contributed by atoms with Crippen molar-refractivity contribution in [2.45, 2.75) is 6.04 Å². The highest BCUT2D eigenvalue weighted by Crippen LogP contribution is 2.37. The zero-order chi connectivity index (χ0) is 18.3. The number of rotatable bonds is 3. The maximum Gasteiger partial charge on any atom is 0.356 e. The van der Waals surface area contributed by atoms with Crippen molar-refractivity contribution in [2.75, 3.05) is 43.5 Å². The van der Waals surface area contributed by atoms with Crippen molar-refractivity contribution in [2.24, 2.45) is 0 Å². The van der Waals surface area contributed by atoms with Gasteiger partial charge in [0.25, 0.3) is 0 Å². The number of aromatic nitrogens is 2. The second kappa shape index (κ2) is 6.62. The minimum absolute atomic E-state index is 0.00191. The van der Waals surface area contributed by atoms with Crippen LogP contribution in [0.25, 0.3) is 0 Å². The summed E-state index contributed by atoms with van der Waals surface area (Å²) < 4.78 is 5.94. The van der Waals surface area contributed by atoms with Gasteiger partial charge < -0.3 is 25.0 Å². The molecule has 0 amide bonds. The zero-order valence-electron chi connectivity index (χ0n) is 14.1.